The van der Waals surface area contributed by atoms with Gasteiger partial charge in [0.05, 0.1) is 5.39 Å². The van der Waals surface area contributed by atoms with E-state index in [1.807, 2.05) is 54.6 Å². The third kappa shape index (κ3) is 5.88. The molecule has 38 heavy (non-hydrogen) atoms. The molecule has 0 saturated heterocycles. The lowest BCUT2D eigenvalue weighted by atomic mass is 10.1. The third-order valence-corrected chi connectivity index (χ3v) is 6.29. The summed E-state index contributed by atoms with van der Waals surface area (Å²) in [6.07, 6.45) is 4.49. The zero-order valence-corrected chi connectivity index (χ0v) is 20.8. The molecule has 0 spiro atoms. The predicted molar refractivity (Wildman–Crippen MR) is 151 cm³/mol. The van der Waals surface area contributed by atoms with Crippen molar-refractivity contribution in [2.45, 2.75) is 19.5 Å². The fraction of sp³-hybridized carbons (Fsp3) is 0.100. The summed E-state index contributed by atoms with van der Waals surface area (Å²) < 4.78 is 0. The van der Waals surface area contributed by atoms with Gasteiger partial charge in [0, 0.05) is 30.0 Å². The Balaban J connectivity index is 1.24. The van der Waals surface area contributed by atoms with Gasteiger partial charge in [-0.15, -0.1) is 0 Å². The van der Waals surface area contributed by atoms with Gasteiger partial charge >= 0.3 is 0 Å². The highest BCUT2D eigenvalue weighted by Crippen LogP contribution is 2.29. The number of amides is 1. The molecule has 1 unspecified atom stereocenters. The molecule has 0 aliphatic heterocycles. The molecule has 5 aromatic rings. The summed E-state index contributed by atoms with van der Waals surface area (Å²) in [5, 5.41) is 16.5. The van der Waals surface area contributed by atoms with Gasteiger partial charge in [-0.05, 0) is 53.5 Å². The second-order valence-electron chi connectivity index (χ2n) is 8.93. The van der Waals surface area contributed by atoms with Gasteiger partial charge in [-0.25, -0.2) is 15.4 Å². The molecule has 0 fully saturated rings. The predicted octanol–water partition coefficient (Wildman–Crippen LogP) is 5.93. The molecule has 3 aromatic carbocycles. The van der Waals surface area contributed by atoms with Gasteiger partial charge in [-0.3, -0.25) is 10.0 Å². The van der Waals surface area contributed by atoms with Gasteiger partial charge in [0.15, 0.2) is 0 Å². The first-order valence-corrected chi connectivity index (χ1v) is 12.3. The van der Waals surface area contributed by atoms with Crippen molar-refractivity contribution in [1.29, 1.82) is 0 Å². The number of carbonyl (C=O) groups is 1. The topological polar surface area (TPSA) is 115 Å². The second kappa shape index (κ2) is 11.4. The highest BCUT2D eigenvalue weighted by atomic mass is 16.5. The smallest absolute Gasteiger partial charge is 0.267 e. The van der Waals surface area contributed by atoms with Crippen LogP contribution in [0.25, 0.3) is 28.4 Å². The number of hydrogen-bond donors (Lipinski definition) is 5. The minimum atomic E-state index is -0.561. The molecular weight excluding hydrogens is 476 g/mol. The van der Waals surface area contributed by atoms with E-state index in [9.17, 15) is 4.79 Å². The number of aromatic amines is 1. The van der Waals surface area contributed by atoms with Crippen molar-refractivity contribution in [2.75, 3.05) is 10.6 Å². The number of benzene rings is 3. The van der Waals surface area contributed by atoms with Gasteiger partial charge in [-0.1, -0.05) is 66.7 Å². The summed E-state index contributed by atoms with van der Waals surface area (Å²) in [6, 6.07) is 28.5. The van der Waals surface area contributed by atoms with E-state index in [4.69, 9.17) is 5.21 Å². The Morgan fingerprint density at radius 2 is 1.76 bits per heavy atom. The monoisotopic (exact) mass is 504 g/mol. The van der Waals surface area contributed by atoms with E-state index in [-0.39, 0.29) is 6.04 Å². The lowest BCUT2D eigenvalue weighted by Gasteiger charge is -2.15. The Kier molecular flexibility index (Phi) is 7.42. The second-order valence-corrected chi connectivity index (χ2v) is 8.93. The lowest BCUT2D eigenvalue weighted by Crippen LogP contribution is -2.14. The molecule has 5 rings (SSSR count). The summed E-state index contributed by atoms with van der Waals surface area (Å²) in [5.41, 5.74) is 8.57. The van der Waals surface area contributed by atoms with E-state index in [1.165, 1.54) is 11.6 Å². The first-order valence-electron chi connectivity index (χ1n) is 12.3. The SMILES string of the molecule is CC(Nc1ncnc2[nH]c(-c3ccc(NCc4ccc(C=CC(=O)NO)cc4)cc3)cc12)c1ccccc1. The molecule has 2 heterocycles. The maximum Gasteiger partial charge on any atom is 0.267 e. The highest BCUT2D eigenvalue weighted by Gasteiger charge is 2.12. The van der Waals surface area contributed by atoms with Crippen molar-refractivity contribution >= 4 is 34.5 Å². The summed E-state index contributed by atoms with van der Waals surface area (Å²) >= 11 is 0. The zero-order chi connectivity index (χ0) is 26.3. The number of rotatable bonds is 9. The molecular formula is C30H28N6O2. The van der Waals surface area contributed by atoms with E-state index in [1.54, 1.807) is 17.9 Å². The van der Waals surface area contributed by atoms with Crippen molar-refractivity contribution in [1.82, 2.24) is 20.4 Å². The number of aromatic nitrogens is 3. The van der Waals surface area contributed by atoms with Crippen LogP contribution in [-0.2, 0) is 11.3 Å². The van der Waals surface area contributed by atoms with E-state index in [0.717, 1.165) is 44.9 Å². The van der Waals surface area contributed by atoms with Gasteiger partial charge in [0.1, 0.15) is 17.8 Å². The molecule has 8 heteroatoms. The summed E-state index contributed by atoms with van der Waals surface area (Å²) in [7, 11) is 0. The van der Waals surface area contributed by atoms with E-state index >= 15 is 0 Å². The Labute approximate surface area is 220 Å². The van der Waals surface area contributed by atoms with Crippen LogP contribution in [0.2, 0.25) is 0 Å². The van der Waals surface area contributed by atoms with Crippen molar-refractivity contribution in [3.8, 4) is 11.3 Å². The number of hydroxylamine groups is 1. The van der Waals surface area contributed by atoms with Crippen molar-refractivity contribution < 1.29 is 10.0 Å². The first-order chi connectivity index (χ1) is 18.6. The Hall–Kier alpha value is -4.95. The van der Waals surface area contributed by atoms with Crippen LogP contribution in [0.1, 0.15) is 29.7 Å². The number of nitrogens with zero attached hydrogens (tertiary/aromatic N) is 2. The number of nitrogens with one attached hydrogen (secondary N) is 4. The quantitative estimate of drug-likeness (QED) is 0.0966. The summed E-state index contributed by atoms with van der Waals surface area (Å²) in [4.78, 5) is 23.4. The van der Waals surface area contributed by atoms with Crippen LogP contribution in [0, 0.1) is 0 Å². The minimum absolute atomic E-state index is 0.110. The van der Waals surface area contributed by atoms with Crippen LogP contribution in [0.5, 0.6) is 0 Å². The standard InChI is InChI=1S/C30H28N6O2/c1-20(23-5-3-2-4-6-23)34-29-26-17-27(35-30(26)33-19-32-29)24-12-14-25(15-13-24)31-18-22-9-7-21(8-10-22)11-16-28(37)36-38/h2-17,19-20,31,38H,18H2,1H3,(H,36,37)(H2,32,33,34,35). The fourth-order valence-corrected chi connectivity index (χ4v) is 4.17. The first kappa shape index (κ1) is 24.7. The van der Waals surface area contributed by atoms with Gasteiger partial charge in [0.2, 0.25) is 0 Å². The average molecular weight is 505 g/mol. The van der Waals surface area contributed by atoms with Gasteiger partial charge in [0.25, 0.3) is 5.91 Å². The van der Waals surface area contributed by atoms with Gasteiger partial charge in [-0.2, -0.15) is 0 Å². The molecule has 1 atom stereocenters. The van der Waals surface area contributed by atoms with Crippen molar-refractivity contribution in [2.24, 2.45) is 0 Å². The maximum absolute atomic E-state index is 11.1. The van der Waals surface area contributed by atoms with E-state index in [0.29, 0.717) is 6.54 Å². The van der Waals surface area contributed by atoms with E-state index < -0.39 is 5.91 Å². The largest absolute Gasteiger partial charge is 0.381 e. The van der Waals surface area contributed by atoms with Crippen molar-refractivity contribution in [3.05, 3.63) is 114 Å². The molecule has 5 N–H and O–H groups in total. The average Bonchev–Trinajstić information content (AvgIpc) is 3.41. The molecule has 2 aromatic heterocycles. The number of hydrogen-bond acceptors (Lipinski definition) is 6. The van der Waals surface area contributed by atoms with Gasteiger partial charge < -0.3 is 15.6 Å². The highest BCUT2D eigenvalue weighted by molar-refractivity contribution is 5.92. The summed E-state index contributed by atoms with van der Waals surface area (Å²) in [6.45, 7) is 2.78. The van der Waals surface area contributed by atoms with Crippen molar-refractivity contribution in [3.63, 3.8) is 0 Å². The molecule has 0 aliphatic rings. The third-order valence-electron chi connectivity index (χ3n) is 6.29. The van der Waals surface area contributed by atoms with Crippen LogP contribution in [0.3, 0.4) is 0 Å². The van der Waals surface area contributed by atoms with Crippen LogP contribution >= 0.6 is 0 Å². The number of fused-ring (bicyclic) bond motifs is 1. The van der Waals surface area contributed by atoms with Crippen LogP contribution < -0.4 is 16.1 Å². The Morgan fingerprint density at radius 1 is 1.00 bits per heavy atom. The molecule has 1 amide bonds. The molecule has 0 saturated carbocycles. The molecule has 8 nitrogen and oxygen atoms in total. The van der Waals surface area contributed by atoms with Crippen LogP contribution in [0.4, 0.5) is 11.5 Å². The molecule has 190 valence electrons. The Bertz CT molecular complexity index is 1540. The number of anilines is 2. The minimum Gasteiger partial charge on any atom is -0.381 e. The molecule has 0 radical (unpaired) electrons. The molecule has 0 aliphatic carbocycles. The van der Waals surface area contributed by atoms with E-state index in [2.05, 4.69) is 62.8 Å². The Morgan fingerprint density at radius 3 is 2.50 bits per heavy atom. The van der Waals surface area contributed by atoms with Crippen LogP contribution in [0.15, 0.2) is 97.3 Å². The summed E-state index contributed by atoms with van der Waals surface area (Å²) in [5.74, 6) is 0.236. The normalized spacial score (nSPS) is 11.9. The lowest BCUT2D eigenvalue weighted by molar-refractivity contribution is -0.124. The van der Waals surface area contributed by atoms with Crippen LogP contribution in [-0.4, -0.2) is 26.1 Å². The maximum atomic E-state index is 11.1. The number of carbonyl (C=O) groups excluding carboxylic acids is 1. The fourth-order valence-electron chi connectivity index (χ4n) is 4.17. The zero-order valence-electron chi connectivity index (χ0n) is 20.8. The number of H-pyrrole nitrogens is 1. The molecule has 0 bridgehead atoms.